The van der Waals surface area contributed by atoms with E-state index in [1.54, 1.807) is 0 Å². The molecule has 1 heterocycles. The maximum atomic E-state index is 12.5. The molecule has 1 aromatic rings. The summed E-state index contributed by atoms with van der Waals surface area (Å²) in [4.78, 5) is 1.29. The summed E-state index contributed by atoms with van der Waals surface area (Å²) >= 11 is 5.19. The second kappa shape index (κ2) is 5.69. The van der Waals surface area contributed by atoms with Crippen LogP contribution in [-0.2, 0) is 21.1 Å². The number of rotatable bonds is 3. The molecule has 0 aromatic carbocycles. The van der Waals surface area contributed by atoms with Gasteiger partial charge in [-0.2, -0.15) is 13.2 Å². The Bertz CT molecular complexity index is 643. The molecular weight excluding hydrogens is 375 g/mol. The lowest BCUT2D eigenvalue weighted by Gasteiger charge is -2.16. The molecular formula is C8H3Cl2F6NO3S. The van der Waals surface area contributed by atoms with Crippen LogP contribution in [0.2, 0.25) is 0 Å². The molecule has 0 aliphatic rings. The molecule has 1 aromatic heterocycles. The Morgan fingerprint density at radius 1 is 1.19 bits per heavy atom. The molecule has 0 amide bonds. The summed E-state index contributed by atoms with van der Waals surface area (Å²) in [6.45, 7) is 0. The Morgan fingerprint density at radius 3 is 2.05 bits per heavy atom. The quantitative estimate of drug-likeness (QED) is 0.458. The van der Waals surface area contributed by atoms with Crippen LogP contribution >= 0.6 is 22.3 Å². The van der Waals surface area contributed by atoms with Crippen molar-refractivity contribution in [2.45, 2.75) is 23.3 Å². The maximum absolute atomic E-state index is 12.5. The van der Waals surface area contributed by atoms with Gasteiger partial charge in [-0.25, -0.2) is 13.4 Å². The average Bonchev–Trinajstić information content (AvgIpc) is 2.23. The standard InChI is InChI=1S/C8H3Cl2F6NO3S/c9-2-3-6(20-8(14,15)16)4(21(10,18)19)1-5(17-3)7(11,12)13/h1H,2H2. The zero-order chi connectivity index (χ0) is 16.6. The van der Waals surface area contributed by atoms with Crippen LogP contribution in [0.4, 0.5) is 26.3 Å². The van der Waals surface area contributed by atoms with E-state index in [4.69, 9.17) is 22.3 Å². The first kappa shape index (κ1) is 18.1. The van der Waals surface area contributed by atoms with Gasteiger partial charge in [0.15, 0.2) is 5.75 Å². The molecule has 1 rings (SSSR count). The van der Waals surface area contributed by atoms with E-state index in [1.165, 1.54) is 0 Å². The second-order valence-corrected chi connectivity index (χ2v) is 6.20. The monoisotopic (exact) mass is 377 g/mol. The Hall–Kier alpha value is -0.940. The van der Waals surface area contributed by atoms with Gasteiger partial charge in [0.2, 0.25) is 0 Å². The molecule has 21 heavy (non-hydrogen) atoms. The molecule has 0 spiro atoms. The van der Waals surface area contributed by atoms with Crippen molar-refractivity contribution in [3.05, 3.63) is 17.5 Å². The number of ether oxygens (including phenoxy) is 1. The number of halogens is 8. The van der Waals surface area contributed by atoms with Crippen molar-refractivity contribution in [2.24, 2.45) is 0 Å². The summed E-state index contributed by atoms with van der Waals surface area (Å²) in [6, 6.07) is -0.167. The second-order valence-electron chi connectivity index (χ2n) is 3.40. The number of hydrogen-bond donors (Lipinski definition) is 0. The van der Waals surface area contributed by atoms with E-state index in [9.17, 15) is 34.8 Å². The average molecular weight is 378 g/mol. The van der Waals surface area contributed by atoms with Crippen molar-refractivity contribution < 1.29 is 39.5 Å². The SMILES string of the molecule is O=S(=O)(Cl)c1cc(C(F)(F)F)nc(CCl)c1OC(F)(F)F. The number of nitrogens with zero attached hydrogens (tertiary/aromatic N) is 1. The number of aromatic nitrogens is 1. The van der Waals surface area contributed by atoms with E-state index in [0.29, 0.717) is 0 Å². The molecule has 0 aliphatic heterocycles. The van der Waals surface area contributed by atoms with Crippen molar-refractivity contribution in [3.63, 3.8) is 0 Å². The van der Waals surface area contributed by atoms with Gasteiger partial charge < -0.3 is 4.74 Å². The van der Waals surface area contributed by atoms with Crippen LogP contribution < -0.4 is 4.74 Å². The lowest BCUT2D eigenvalue weighted by molar-refractivity contribution is -0.276. The van der Waals surface area contributed by atoms with Gasteiger partial charge in [-0.05, 0) is 6.07 Å². The molecule has 0 unspecified atom stereocenters. The van der Waals surface area contributed by atoms with Crippen LogP contribution in [0.25, 0.3) is 0 Å². The molecule has 0 atom stereocenters. The summed E-state index contributed by atoms with van der Waals surface area (Å²) in [5.74, 6) is -2.46. The Kier molecular flexibility index (Phi) is 4.91. The van der Waals surface area contributed by atoms with Gasteiger partial charge in [-0.15, -0.1) is 24.8 Å². The van der Waals surface area contributed by atoms with Crippen molar-refractivity contribution in [3.8, 4) is 5.75 Å². The number of hydrogen-bond acceptors (Lipinski definition) is 4. The molecule has 4 nitrogen and oxygen atoms in total. The summed E-state index contributed by atoms with van der Waals surface area (Å²) < 4.78 is 99.9. The Balaban J connectivity index is 3.69. The fourth-order valence-electron chi connectivity index (χ4n) is 1.20. The molecule has 0 bridgehead atoms. The highest BCUT2D eigenvalue weighted by Crippen LogP contribution is 2.39. The van der Waals surface area contributed by atoms with Gasteiger partial charge in [-0.1, -0.05) is 0 Å². The fourth-order valence-corrected chi connectivity index (χ4v) is 2.36. The van der Waals surface area contributed by atoms with Gasteiger partial charge in [0, 0.05) is 10.7 Å². The number of alkyl halides is 7. The first-order chi connectivity index (χ1) is 9.25. The van der Waals surface area contributed by atoms with Crippen LogP contribution in [0.5, 0.6) is 5.75 Å². The van der Waals surface area contributed by atoms with Crippen molar-refractivity contribution in [1.29, 1.82) is 0 Å². The van der Waals surface area contributed by atoms with E-state index in [0.717, 1.165) is 0 Å². The van der Waals surface area contributed by atoms with Gasteiger partial charge in [0.05, 0.1) is 11.6 Å². The van der Waals surface area contributed by atoms with Gasteiger partial charge >= 0.3 is 12.5 Å². The van der Waals surface area contributed by atoms with Crippen LogP contribution in [0.1, 0.15) is 11.4 Å². The Morgan fingerprint density at radius 2 is 1.71 bits per heavy atom. The normalized spacial score (nSPS) is 13.3. The summed E-state index contributed by atoms with van der Waals surface area (Å²) in [5, 5.41) is 0. The van der Waals surface area contributed by atoms with Crippen LogP contribution in [0.15, 0.2) is 11.0 Å². The maximum Gasteiger partial charge on any atom is 0.573 e. The first-order valence-electron chi connectivity index (χ1n) is 4.63. The zero-order valence-electron chi connectivity index (χ0n) is 9.39. The smallest absolute Gasteiger partial charge is 0.402 e. The fraction of sp³-hybridized carbons (Fsp3) is 0.375. The van der Waals surface area contributed by atoms with Crippen molar-refractivity contribution in [1.82, 2.24) is 4.98 Å². The third-order valence-corrected chi connectivity index (χ3v) is 3.49. The lowest BCUT2D eigenvalue weighted by Crippen LogP contribution is -2.21. The predicted octanol–water partition coefficient (Wildman–Crippen LogP) is 3.67. The molecule has 0 aliphatic carbocycles. The van der Waals surface area contributed by atoms with Crippen LogP contribution in [-0.4, -0.2) is 19.8 Å². The van der Waals surface area contributed by atoms with Crippen LogP contribution in [0.3, 0.4) is 0 Å². The minimum absolute atomic E-state index is 0.167. The molecule has 0 saturated heterocycles. The topological polar surface area (TPSA) is 56.3 Å². The predicted molar refractivity (Wildman–Crippen MR) is 58.5 cm³/mol. The highest BCUT2D eigenvalue weighted by molar-refractivity contribution is 8.13. The molecule has 0 fully saturated rings. The summed E-state index contributed by atoms with van der Waals surface area (Å²) in [7, 11) is -0.142. The molecule has 13 heteroatoms. The largest absolute Gasteiger partial charge is 0.573 e. The summed E-state index contributed by atoms with van der Waals surface area (Å²) in [5.41, 5.74) is -2.84. The third-order valence-electron chi connectivity index (χ3n) is 1.91. The van der Waals surface area contributed by atoms with E-state index in [1.807, 2.05) is 0 Å². The van der Waals surface area contributed by atoms with E-state index >= 15 is 0 Å². The highest BCUT2D eigenvalue weighted by atomic mass is 35.7. The minimum atomic E-state index is -5.38. The van der Waals surface area contributed by atoms with E-state index in [2.05, 4.69) is 9.72 Å². The van der Waals surface area contributed by atoms with E-state index in [-0.39, 0.29) is 6.07 Å². The number of pyridine rings is 1. The molecule has 0 saturated carbocycles. The third kappa shape index (κ3) is 4.78. The molecule has 0 radical (unpaired) electrons. The summed E-state index contributed by atoms with van der Waals surface area (Å²) in [6.07, 6.45) is -10.5. The van der Waals surface area contributed by atoms with E-state index < -0.39 is 49.5 Å². The van der Waals surface area contributed by atoms with Gasteiger partial charge in [0.1, 0.15) is 10.6 Å². The van der Waals surface area contributed by atoms with Crippen molar-refractivity contribution >= 4 is 31.3 Å². The molecule has 120 valence electrons. The molecule has 0 N–H and O–H groups in total. The highest BCUT2D eigenvalue weighted by Gasteiger charge is 2.40. The Labute approximate surface area is 123 Å². The first-order valence-corrected chi connectivity index (χ1v) is 7.47. The lowest BCUT2D eigenvalue weighted by atomic mass is 10.3. The zero-order valence-corrected chi connectivity index (χ0v) is 11.7. The van der Waals surface area contributed by atoms with Gasteiger partial charge in [-0.3, -0.25) is 0 Å². The van der Waals surface area contributed by atoms with Gasteiger partial charge in [0.25, 0.3) is 9.05 Å². The minimum Gasteiger partial charge on any atom is -0.402 e. The van der Waals surface area contributed by atoms with Crippen LogP contribution in [0, 0.1) is 0 Å². The van der Waals surface area contributed by atoms with Crippen molar-refractivity contribution in [2.75, 3.05) is 0 Å².